The van der Waals surface area contributed by atoms with E-state index in [1.165, 1.54) is 0 Å². The maximum atomic E-state index is 13.0. The fourth-order valence-corrected chi connectivity index (χ4v) is 4.65. The van der Waals surface area contributed by atoms with Crippen molar-refractivity contribution in [2.24, 2.45) is 5.73 Å². The second kappa shape index (κ2) is 12.1. The lowest BCUT2D eigenvalue weighted by molar-refractivity contribution is -0.135. The summed E-state index contributed by atoms with van der Waals surface area (Å²) in [7, 11) is 0. The van der Waals surface area contributed by atoms with E-state index in [0.29, 0.717) is 67.3 Å². The van der Waals surface area contributed by atoms with Crippen LogP contribution >= 0.6 is 0 Å². The number of fused-ring (bicyclic) bond motifs is 1. The predicted octanol–water partition coefficient (Wildman–Crippen LogP) is 0.891. The molecule has 0 atom stereocenters. The molecule has 12 heteroatoms. The van der Waals surface area contributed by atoms with Crippen molar-refractivity contribution in [3.05, 3.63) is 59.9 Å². The molecular formula is C28H32N6O6. The Morgan fingerprint density at radius 1 is 0.800 bits per heavy atom. The molecule has 3 amide bonds. The van der Waals surface area contributed by atoms with Crippen molar-refractivity contribution in [2.75, 3.05) is 65.6 Å². The van der Waals surface area contributed by atoms with Crippen molar-refractivity contribution in [2.45, 2.75) is 0 Å². The van der Waals surface area contributed by atoms with E-state index < -0.39 is 0 Å². The second-order valence-electron chi connectivity index (χ2n) is 9.63. The summed E-state index contributed by atoms with van der Waals surface area (Å²) in [6.07, 6.45) is 0. The van der Waals surface area contributed by atoms with E-state index >= 15 is 0 Å². The maximum absolute atomic E-state index is 13.0. The minimum absolute atomic E-state index is 0.0235. The number of amides is 3. The fraction of sp³-hybridized carbons (Fsp3) is 0.357. The van der Waals surface area contributed by atoms with Crippen molar-refractivity contribution in [1.29, 1.82) is 5.41 Å². The maximum Gasteiger partial charge on any atom is 0.289 e. The van der Waals surface area contributed by atoms with Gasteiger partial charge in [-0.2, -0.15) is 0 Å². The molecule has 2 aliphatic heterocycles. The zero-order valence-corrected chi connectivity index (χ0v) is 22.1. The first kappa shape index (κ1) is 27.0. The number of hydrogen-bond donors (Lipinski definition) is 3. The molecule has 4 N–H and O–H groups in total. The minimum atomic E-state index is -0.249. The number of benzene rings is 2. The molecule has 0 spiro atoms. The van der Waals surface area contributed by atoms with Crippen molar-refractivity contribution >= 4 is 34.5 Å². The number of nitrogens with two attached hydrogens (primary N) is 1. The van der Waals surface area contributed by atoms with Gasteiger partial charge < -0.3 is 39.6 Å². The first-order valence-corrected chi connectivity index (χ1v) is 13.2. The van der Waals surface area contributed by atoms with Crippen LogP contribution in [0.3, 0.4) is 0 Å². The highest BCUT2D eigenvalue weighted by atomic mass is 16.5. The third kappa shape index (κ3) is 6.34. The van der Waals surface area contributed by atoms with Crippen molar-refractivity contribution in [1.82, 2.24) is 20.0 Å². The number of rotatable bonds is 8. The highest BCUT2D eigenvalue weighted by molar-refractivity contribution is 6.00. The predicted molar refractivity (Wildman–Crippen MR) is 147 cm³/mol. The van der Waals surface area contributed by atoms with E-state index in [4.69, 9.17) is 25.0 Å². The zero-order valence-electron chi connectivity index (χ0n) is 22.1. The molecule has 2 aliphatic rings. The molecule has 0 radical (unpaired) electrons. The molecule has 210 valence electrons. The number of hydrogen-bond acceptors (Lipinski definition) is 8. The van der Waals surface area contributed by atoms with Crippen LogP contribution in [-0.2, 0) is 9.59 Å². The lowest BCUT2D eigenvalue weighted by Gasteiger charge is -2.34. The highest BCUT2D eigenvalue weighted by Crippen LogP contribution is 2.23. The molecule has 0 bridgehead atoms. The number of nitrogens with one attached hydrogen (secondary N) is 2. The average Bonchev–Trinajstić information content (AvgIpc) is 3.43. The molecule has 3 aromatic rings. The van der Waals surface area contributed by atoms with Gasteiger partial charge in [0, 0.05) is 63.3 Å². The first-order valence-electron chi connectivity index (χ1n) is 13.2. The van der Waals surface area contributed by atoms with Crippen LogP contribution in [0.4, 0.5) is 0 Å². The summed E-state index contributed by atoms with van der Waals surface area (Å²) in [5.41, 5.74) is 6.65. The SMILES string of the molecule is N=C(N)c1ccc2oc(C(=O)N3CCN(C(=O)COc4ccc(OCC(=O)N5CCNCC5)cc4)CC3)cc2c1. The van der Waals surface area contributed by atoms with E-state index in [-0.39, 0.29) is 42.5 Å². The van der Waals surface area contributed by atoms with Crippen LogP contribution < -0.4 is 20.5 Å². The van der Waals surface area contributed by atoms with Gasteiger partial charge in [0.05, 0.1) is 0 Å². The van der Waals surface area contributed by atoms with Gasteiger partial charge in [-0.25, -0.2) is 0 Å². The van der Waals surface area contributed by atoms with Crippen LogP contribution in [-0.4, -0.2) is 104 Å². The molecular weight excluding hydrogens is 516 g/mol. The number of piperazine rings is 2. The van der Waals surface area contributed by atoms with Gasteiger partial charge >= 0.3 is 0 Å². The smallest absolute Gasteiger partial charge is 0.289 e. The van der Waals surface area contributed by atoms with Crippen LogP contribution in [0.2, 0.25) is 0 Å². The summed E-state index contributed by atoms with van der Waals surface area (Å²) in [6, 6.07) is 13.5. The van der Waals surface area contributed by atoms with E-state index in [9.17, 15) is 14.4 Å². The van der Waals surface area contributed by atoms with Gasteiger partial charge in [-0.3, -0.25) is 19.8 Å². The third-order valence-corrected chi connectivity index (χ3v) is 6.98. The van der Waals surface area contributed by atoms with E-state index in [0.717, 1.165) is 13.1 Å². The number of nitrogens with zero attached hydrogens (tertiary/aromatic N) is 3. The van der Waals surface area contributed by atoms with E-state index in [1.54, 1.807) is 63.2 Å². The Labute approximate surface area is 231 Å². The molecule has 2 fully saturated rings. The lowest BCUT2D eigenvalue weighted by Crippen LogP contribution is -2.51. The summed E-state index contributed by atoms with van der Waals surface area (Å²) in [5.74, 6) is 0.749. The monoisotopic (exact) mass is 548 g/mol. The summed E-state index contributed by atoms with van der Waals surface area (Å²) in [4.78, 5) is 43.0. The molecule has 2 aromatic carbocycles. The first-order chi connectivity index (χ1) is 19.4. The quantitative estimate of drug-likeness (QED) is 0.277. The van der Waals surface area contributed by atoms with Gasteiger partial charge in [0.15, 0.2) is 19.0 Å². The van der Waals surface area contributed by atoms with Crippen LogP contribution in [0, 0.1) is 5.41 Å². The zero-order chi connectivity index (χ0) is 28.1. The van der Waals surface area contributed by atoms with Crippen LogP contribution in [0.25, 0.3) is 11.0 Å². The fourth-order valence-electron chi connectivity index (χ4n) is 4.65. The highest BCUT2D eigenvalue weighted by Gasteiger charge is 2.27. The number of ether oxygens (including phenoxy) is 2. The Morgan fingerprint density at radius 2 is 1.35 bits per heavy atom. The molecule has 40 heavy (non-hydrogen) atoms. The molecule has 0 unspecified atom stereocenters. The number of nitrogen functional groups attached to an aromatic ring is 1. The Hall–Kier alpha value is -4.58. The number of carbonyl (C=O) groups is 3. The number of amidine groups is 1. The van der Waals surface area contributed by atoms with Crippen LogP contribution in [0.1, 0.15) is 16.1 Å². The van der Waals surface area contributed by atoms with Gasteiger partial charge in [0.2, 0.25) is 0 Å². The summed E-state index contributed by atoms with van der Waals surface area (Å²) in [5, 5.41) is 11.5. The molecule has 12 nitrogen and oxygen atoms in total. The van der Waals surface area contributed by atoms with Gasteiger partial charge in [-0.1, -0.05) is 0 Å². The molecule has 0 saturated carbocycles. The van der Waals surface area contributed by atoms with Crippen LogP contribution in [0.5, 0.6) is 11.5 Å². The average molecular weight is 549 g/mol. The largest absolute Gasteiger partial charge is 0.484 e. The molecule has 2 saturated heterocycles. The van der Waals surface area contributed by atoms with Crippen molar-refractivity contribution < 1.29 is 28.3 Å². The molecule has 1 aromatic heterocycles. The second-order valence-corrected chi connectivity index (χ2v) is 9.63. The van der Waals surface area contributed by atoms with Gasteiger partial charge in [0.25, 0.3) is 17.7 Å². The summed E-state index contributed by atoms with van der Waals surface area (Å²) >= 11 is 0. The molecule has 5 rings (SSSR count). The standard InChI is InChI=1S/C28H32N6O6/c29-27(30)19-1-6-23-20(15-19)16-24(40-23)28(37)34-13-11-33(12-14-34)26(36)18-39-22-4-2-21(3-5-22)38-17-25(35)32-9-7-31-8-10-32/h1-6,15-16,31H,7-14,17-18H2,(H3,29,30). The van der Waals surface area contributed by atoms with Gasteiger partial charge in [0.1, 0.15) is 22.9 Å². The Kier molecular flexibility index (Phi) is 8.15. The summed E-state index contributed by atoms with van der Waals surface area (Å²) < 4.78 is 17.0. The molecule has 0 aliphatic carbocycles. The van der Waals surface area contributed by atoms with Crippen molar-refractivity contribution in [3.8, 4) is 11.5 Å². The van der Waals surface area contributed by atoms with Gasteiger partial charge in [-0.05, 0) is 48.5 Å². The number of carbonyl (C=O) groups excluding carboxylic acids is 3. The number of furan rings is 1. The third-order valence-electron chi connectivity index (χ3n) is 6.98. The summed E-state index contributed by atoms with van der Waals surface area (Å²) in [6.45, 7) is 4.31. The van der Waals surface area contributed by atoms with Crippen LogP contribution in [0.15, 0.2) is 52.9 Å². The Morgan fingerprint density at radius 3 is 1.93 bits per heavy atom. The van der Waals surface area contributed by atoms with Gasteiger partial charge in [-0.15, -0.1) is 0 Å². The van der Waals surface area contributed by atoms with E-state index in [2.05, 4.69) is 5.32 Å². The molecule has 3 heterocycles. The lowest BCUT2D eigenvalue weighted by atomic mass is 10.1. The Bertz CT molecular complexity index is 1390. The minimum Gasteiger partial charge on any atom is -0.484 e. The Balaban J connectivity index is 1.05. The van der Waals surface area contributed by atoms with E-state index in [1.807, 2.05) is 0 Å². The topological polar surface area (TPSA) is 154 Å². The van der Waals surface area contributed by atoms with Crippen molar-refractivity contribution in [3.63, 3.8) is 0 Å². The normalized spacial score (nSPS) is 15.7.